The molecule has 0 amide bonds. The molecular formula is C13H16O6. The molecule has 6 heteroatoms. The third-order valence-corrected chi connectivity index (χ3v) is 2.67. The van der Waals surface area contributed by atoms with Crippen LogP contribution in [-0.2, 0) is 20.7 Å². The fourth-order valence-electron chi connectivity index (χ4n) is 1.63. The number of esters is 1. The number of carbonyl (C=O) groups is 2. The number of aliphatic carboxylic acids is 1. The second-order valence-corrected chi connectivity index (χ2v) is 3.89. The van der Waals surface area contributed by atoms with Gasteiger partial charge in [-0.15, -0.1) is 0 Å². The highest BCUT2D eigenvalue weighted by Gasteiger charge is 2.20. The number of ether oxygens (including phenoxy) is 2. The van der Waals surface area contributed by atoms with Gasteiger partial charge in [-0.1, -0.05) is 6.07 Å². The van der Waals surface area contributed by atoms with Gasteiger partial charge in [0.1, 0.15) is 5.75 Å². The molecule has 0 heterocycles. The van der Waals surface area contributed by atoms with E-state index in [9.17, 15) is 14.7 Å². The SMILES string of the molecule is COC(=O)CCc1ccc(OC)c(C(O)C(=O)O)c1. The minimum absolute atomic E-state index is 0.164. The zero-order valence-corrected chi connectivity index (χ0v) is 10.8. The van der Waals surface area contributed by atoms with Crippen molar-refractivity contribution in [3.05, 3.63) is 29.3 Å². The number of aryl methyl sites for hydroxylation is 1. The maximum absolute atomic E-state index is 11.0. The molecule has 0 spiro atoms. The van der Waals surface area contributed by atoms with Crippen molar-refractivity contribution in [1.82, 2.24) is 0 Å². The van der Waals surface area contributed by atoms with Crippen molar-refractivity contribution in [2.75, 3.05) is 14.2 Å². The molecule has 1 unspecified atom stereocenters. The van der Waals surface area contributed by atoms with E-state index in [1.54, 1.807) is 12.1 Å². The molecule has 2 N–H and O–H groups in total. The lowest BCUT2D eigenvalue weighted by Gasteiger charge is -2.13. The summed E-state index contributed by atoms with van der Waals surface area (Å²) in [7, 11) is 2.69. The van der Waals surface area contributed by atoms with E-state index in [-0.39, 0.29) is 23.7 Å². The van der Waals surface area contributed by atoms with Crippen molar-refractivity contribution in [2.45, 2.75) is 18.9 Å². The number of rotatable bonds is 6. The van der Waals surface area contributed by atoms with Gasteiger partial charge in [-0.05, 0) is 24.1 Å². The van der Waals surface area contributed by atoms with E-state index >= 15 is 0 Å². The topological polar surface area (TPSA) is 93.1 Å². The van der Waals surface area contributed by atoms with Crippen molar-refractivity contribution in [3.8, 4) is 5.75 Å². The van der Waals surface area contributed by atoms with Crippen LogP contribution in [-0.4, -0.2) is 36.4 Å². The van der Waals surface area contributed by atoms with E-state index < -0.39 is 12.1 Å². The number of aliphatic hydroxyl groups is 1. The first-order valence-electron chi connectivity index (χ1n) is 5.64. The lowest BCUT2D eigenvalue weighted by Crippen LogP contribution is -2.12. The van der Waals surface area contributed by atoms with Crippen LogP contribution in [0, 0.1) is 0 Å². The molecule has 0 aliphatic heterocycles. The first-order valence-corrected chi connectivity index (χ1v) is 5.64. The molecule has 0 saturated carbocycles. The van der Waals surface area contributed by atoms with E-state index in [0.717, 1.165) is 5.56 Å². The Morgan fingerprint density at radius 1 is 1.32 bits per heavy atom. The third-order valence-electron chi connectivity index (χ3n) is 2.67. The summed E-state index contributed by atoms with van der Waals surface area (Å²) in [4.78, 5) is 21.9. The zero-order valence-electron chi connectivity index (χ0n) is 10.8. The smallest absolute Gasteiger partial charge is 0.337 e. The van der Waals surface area contributed by atoms with Gasteiger partial charge in [0.05, 0.1) is 14.2 Å². The molecule has 0 aliphatic rings. The minimum atomic E-state index is -1.66. The van der Waals surface area contributed by atoms with Gasteiger partial charge in [0.15, 0.2) is 6.10 Å². The predicted octanol–water partition coefficient (Wildman–Crippen LogP) is 0.919. The van der Waals surface area contributed by atoms with Gasteiger partial charge in [-0.2, -0.15) is 0 Å². The van der Waals surface area contributed by atoms with Gasteiger partial charge in [0.2, 0.25) is 0 Å². The van der Waals surface area contributed by atoms with Crippen LogP contribution in [0.2, 0.25) is 0 Å². The van der Waals surface area contributed by atoms with Gasteiger partial charge < -0.3 is 19.7 Å². The fourth-order valence-corrected chi connectivity index (χ4v) is 1.63. The number of hydrogen-bond donors (Lipinski definition) is 2. The Morgan fingerprint density at radius 2 is 2.00 bits per heavy atom. The summed E-state index contributed by atoms with van der Waals surface area (Å²) in [6.07, 6.45) is -1.07. The molecule has 0 bridgehead atoms. The van der Waals surface area contributed by atoms with Crippen LogP contribution in [0.25, 0.3) is 0 Å². The van der Waals surface area contributed by atoms with Crippen LogP contribution in [0.1, 0.15) is 23.7 Å². The van der Waals surface area contributed by atoms with Crippen molar-refractivity contribution in [1.29, 1.82) is 0 Å². The Bertz CT molecular complexity index is 468. The Labute approximate surface area is 110 Å². The highest BCUT2D eigenvalue weighted by molar-refractivity contribution is 5.75. The molecule has 1 rings (SSSR count). The zero-order chi connectivity index (χ0) is 14.4. The van der Waals surface area contributed by atoms with Crippen molar-refractivity contribution in [2.24, 2.45) is 0 Å². The highest BCUT2D eigenvalue weighted by atomic mass is 16.5. The summed E-state index contributed by atoms with van der Waals surface area (Å²) < 4.78 is 9.53. The number of carboxylic acids is 1. The predicted molar refractivity (Wildman–Crippen MR) is 65.9 cm³/mol. The Kier molecular flexibility index (Phi) is 5.32. The molecule has 1 atom stereocenters. The molecule has 0 aromatic heterocycles. The van der Waals surface area contributed by atoms with Gasteiger partial charge in [-0.25, -0.2) is 4.79 Å². The summed E-state index contributed by atoms with van der Waals surface area (Å²) in [6.45, 7) is 0. The summed E-state index contributed by atoms with van der Waals surface area (Å²) in [5.41, 5.74) is 0.888. The molecule has 19 heavy (non-hydrogen) atoms. The average molecular weight is 268 g/mol. The summed E-state index contributed by atoms with van der Waals surface area (Å²) >= 11 is 0. The van der Waals surface area contributed by atoms with E-state index in [0.29, 0.717) is 6.42 Å². The summed E-state index contributed by atoms with van der Waals surface area (Å²) in [5.74, 6) is -1.42. The molecule has 1 aromatic carbocycles. The number of carboxylic acid groups (broad SMARTS) is 1. The second-order valence-electron chi connectivity index (χ2n) is 3.89. The molecule has 0 radical (unpaired) electrons. The van der Waals surface area contributed by atoms with Crippen LogP contribution < -0.4 is 4.74 Å². The molecule has 1 aromatic rings. The van der Waals surface area contributed by atoms with E-state index in [1.807, 2.05) is 0 Å². The molecule has 0 fully saturated rings. The van der Waals surface area contributed by atoms with E-state index in [4.69, 9.17) is 9.84 Å². The first-order chi connectivity index (χ1) is 8.99. The van der Waals surface area contributed by atoms with Crippen LogP contribution in [0.4, 0.5) is 0 Å². The van der Waals surface area contributed by atoms with Crippen LogP contribution >= 0.6 is 0 Å². The van der Waals surface area contributed by atoms with E-state index in [2.05, 4.69) is 4.74 Å². The normalized spacial score (nSPS) is 11.7. The molecule has 104 valence electrons. The van der Waals surface area contributed by atoms with Crippen LogP contribution in [0.15, 0.2) is 18.2 Å². The van der Waals surface area contributed by atoms with Crippen molar-refractivity contribution >= 4 is 11.9 Å². The number of hydrogen-bond acceptors (Lipinski definition) is 5. The minimum Gasteiger partial charge on any atom is -0.496 e. The standard InChI is InChI=1S/C13H16O6/c1-18-10-5-3-8(4-6-11(14)19-2)7-9(10)12(15)13(16)17/h3,5,7,12,15H,4,6H2,1-2H3,(H,16,17). The van der Waals surface area contributed by atoms with Gasteiger partial charge in [-0.3, -0.25) is 4.79 Å². The second kappa shape index (κ2) is 6.75. The molecule has 0 saturated heterocycles. The molecule has 0 aliphatic carbocycles. The number of benzene rings is 1. The first kappa shape index (κ1) is 15.0. The summed E-state index contributed by atoms with van der Waals surface area (Å²) in [5, 5.41) is 18.4. The van der Waals surface area contributed by atoms with Crippen LogP contribution in [0.5, 0.6) is 5.75 Å². The largest absolute Gasteiger partial charge is 0.496 e. The quantitative estimate of drug-likeness (QED) is 0.745. The van der Waals surface area contributed by atoms with Crippen LogP contribution in [0.3, 0.4) is 0 Å². The average Bonchev–Trinajstić information content (AvgIpc) is 2.43. The Morgan fingerprint density at radius 3 is 2.53 bits per heavy atom. The number of methoxy groups -OCH3 is 2. The van der Waals surface area contributed by atoms with Crippen molar-refractivity contribution in [3.63, 3.8) is 0 Å². The maximum atomic E-state index is 11.0. The maximum Gasteiger partial charge on any atom is 0.337 e. The number of carbonyl (C=O) groups excluding carboxylic acids is 1. The van der Waals surface area contributed by atoms with E-state index in [1.165, 1.54) is 20.3 Å². The molecular weight excluding hydrogens is 252 g/mol. The monoisotopic (exact) mass is 268 g/mol. The van der Waals surface area contributed by atoms with Gasteiger partial charge >= 0.3 is 11.9 Å². The highest BCUT2D eigenvalue weighted by Crippen LogP contribution is 2.27. The Hall–Kier alpha value is -2.08. The third kappa shape index (κ3) is 3.96. The van der Waals surface area contributed by atoms with Gasteiger partial charge in [0, 0.05) is 12.0 Å². The fraction of sp³-hybridized carbons (Fsp3) is 0.385. The van der Waals surface area contributed by atoms with Gasteiger partial charge in [0.25, 0.3) is 0 Å². The van der Waals surface area contributed by atoms with Crippen molar-refractivity contribution < 1.29 is 29.3 Å². The lowest BCUT2D eigenvalue weighted by molar-refractivity contribution is -0.147. The summed E-state index contributed by atoms with van der Waals surface area (Å²) in [6, 6.07) is 4.79. The Balaban J connectivity index is 2.95. The lowest BCUT2D eigenvalue weighted by atomic mass is 10.0. The molecule has 6 nitrogen and oxygen atoms in total. The number of aliphatic hydroxyl groups excluding tert-OH is 1.